The monoisotopic (exact) mass is 354 g/mol. The van der Waals surface area contributed by atoms with E-state index in [0.717, 1.165) is 28.0 Å². The fourth-order valence-electron chi connectivity index (χ4n) is 2.18. The fraction of sp³-hybridized carbons (Fsp3) is 0.167. The summed E-state index contributed by atoms with van der Waals surface area (Å²) in [6.45, 7) is 0. The molecular weight excluding hydrogens is 336 g/mol. The van der Waals surface area contributed by atoms with Crippen LogP contribution >= 0.6 is 11.8 Å². The van der Waals surface area contributed by atoms with E-state index in [4.69, 9.17) is 9.47 Å². The Morgan fingerprint density at radius 3 is 2.72 bits per heavy atom. The zero-order chi connectivity index (χ0) is 17.5. The number of hydrogen-bond donors (Lipinski definition) is 0. The van der Waals surface area contributed by atoms with E-state index in [0.29, 0.717) is 0 Å². The molecule has 0 aliphatic heterocycles. The third-order valence-corrected chi connectivity index (χ3v) is 4.47. The highest BCUT2D eigenvalue weighted by Gasteiger charge is 2.06. The molecule has 0 radical (unpaired) electrons. The minimum absolute atomic E-state index is 0.719. The maximum atomic E-state index is 5.36. The third-order valence-electron chi connectivity index (χ3n) is 3.47. The average molecular weight is 354 g/mol. The van der Waals surface area contributed by atoms with E-state index in [9.17, 15) is 0 Å². The predicted molar refractivity (Wildman–Crippen MR) is 98.6 cm³/mol. The summed E-state index contributed by atoms with van der Waals surface area (Å²) in [5.41, 5.74) is 2.04. The maximum Gasteiger partial charge on any atom is 0.212 e. The SMILES string of the molecule is COc1ccc(OC)c(/C=N/n2cnnc2SCc2ccccc2)c1. The minimum atomic E-state index is 0.719. The van der Waals surface area contributed by atoms with Gasteiger partial charge in [-0.3, -0.25) is 0 Å². The Bertz CT molecular complexity index is 849. The Labute approximate surface area is 150 Å². The molecule has 3 rings (SSSR count). The van der Waals surface area contributed by atoms with Crippen LogP contribution in [0.3, 0.4) is 0 Å². The highest BCUT2D eigenvalue weighted by atomic mass is 32.2. The van der Waals surface area contributed by atoms with Crippen LogP contribution in [0.4, 0.5) is 0 Å². The highest BCUT2D eigenvalue weighted by Crippen LogP contribution is 2.23. The van der Waals surface area contributed by atoms with Gasteiger partial charge in [0, 0.05) is 11.3 Å². The van der Waals surface area contributed by atoms with Crippen LogP contribution < -0.4 is 9.47 Å². The first-order valence-electron chi connectivity index (χ1n) is 7.63. The summed E-state index contributed by atoms with van der Waals surface area (Å²) in [6, 6.07) is 15.8. The first-order valence-corrected chi connectivity index (χ1v) is 8.62. The molecule has 0 amide bonds. The van der Waals surface area contributed by atoms with Gasteiger partial charge in [-0.15, -0.1) is 10.2 Å². The van der Waals surface area contributed by atoms with Crippen LogP contribution in [-0.4, -0.2) is 35.3 Å². The number of thioether (sulfide) groups is 1. The summed E-state index contributed by atoms with van der Waals surface area (Å²) in [5, 5.41) is 13.2. The molecule has 128 valence electrons. The molecule has 0 aliphatic rings. The number of hydrogen-bond acceptors (Lipinski definition) is 6. The second-order valence-electron chi connectivity index (χ2n) is 5.08. The highest BCUT2D eigenvalue weighted by molar-refractivity contribution is 7.98. The number of ether oxygens (including phenoxy) is 2. The van der Waals surface area contributed by atoms with Gasteiger partial charge in [-0.2, -0.15) is 9.78 Å². The van der Waals surface area contributed by atoms with Crippen LogP contribution in [0, 0.1) is 0 Å². The van der Waals surface area contributed by atoms with Crippen LogP contribution in [0.15, 0.2) is 65.1 Å². The second-order valence-corrected chi connectivity index (χ2v) is 6.03. The van der Waals surface area contributed by atoms with Crippen molar-refractivity contribution in [1.82, 2.24) is 14.9 Å². The first-order chi connectivity index (χ1) is 12.3. The third kappa shape index (κ3) is 4.39. The van der Waals surface area contributed by atoms with Crippen molar-refractivity contribution in [3.05, 3.63) is 66.0 Å². The molecule has 3 aromatic rings. The van der Waals surface area contributed by atoms with Crippen molar-refractivity contribution in [2.45, 2.75) is 10.9 Å². The molecular formula is C18H18N4O2S. The molecule has 6 nitrogen and oxygen atoms in total. The molecule has 0 atom stereocenters. The van der Waals surface area contributed by atoms with Crippen LogP contribution in [0.5, 0.6) is 11.5 Å². The van der Waals surface area contributed by atoms with Crippen molar-refractivity contribution in [2.75, 3.05) is 14.2 Å². The standard InChI is InChI=1S/C18H18N4O2S/c1-23-16-8-9-17(24-2)15(10-16)11-20-22-13-19-21-18(22)25-12-14-6-4-3-5-7-14/h3-11,13H,12H2,1-2H3/b20-11+. The van der Waals surface area contributed by atoms with Gasteiger partial charge in [-0.1, -0.05) is 42.1 Å². The maximum absolute atomic E-state index is 5.36. The lowest BCUT2D eigenvalue weighted by atomic mass is 10.2. The first kappa shape index (κ1) is 17.0. The predicted octanol–water partition coefficient (Wildman–Crippen LogP) is 3.47. The van der Waals surface area contributed by atoms with Crippen molar-refractivity contribution >= 4 is 18.0 Å². The van der Waals surface area contributed by atoms with E-state index in [1.54, 1.807) is 43.2 Å². The summed E-state index contributed by atoms with van der Waals surface area (Å²) in [6.07, 6.45) is 3.29. The van der Waals surface area contributed by atoms with Crippen LogP contribution in [0.2, 0.25) is 0 Å². The molecule has 0 unspecified atom stereocenters. The lowest BCUT2D eigenvalue weighted by molar-refractivity contribution is 0.402. The number of benzene rings is 2. The van der Waals surface area contributed by atoms with E-state index in [-0.39, 0.29) is 0 Å². The fourth-order valence-corrected chi connectivity index (χ4v) is 3.00. The van der Waals surface area contributed by atoms with Gasteiger partial charge in [0.2, 0.25) is 5.16 Å². The van der Waals surface area contributed by atoms with Crippen LogP contribution in [-0.2, 0) is 5.75 Å². The molecule has 1 heterocycles. The molecule has 0 fully saturated rings. The quantitative estimate of drug-likeness (QED) is 0.480. The Kier molecular flexibility index (Phi) is 5.69. The van der Waals surface area contributed by atoms with Crippen LogP contribution in [0.25, 0.3) is 0 Å². The van der Waals surface area contributed by atoms with Gasteiger partial charge in [0.15, 0.2) is 0 Å². The van der Waals surface area contributed by atoms with Crippen molar-refractivity contribution < 1.29 is 9.47 Å². The normalized spacial score (nSPS) is 11.0. The Morgan fingerprint density at radius 2 is 1.96 bits per heavy atom. The van der Waals surface area contributed by atoms with E-state index in [2.05, 4.69) is 27.4 Å². The van der Waals surface area contributed by atoms with Gasteiger partial charge >= 0.3 is 0 Å². The minimum Gasteiger partial charge on any atom is -0.497 e. The topological polar surface area (TPSA) is 61.5 Å². The summed E-state index contributed by atoms with van der Waals surface area (Å²) < 4.78 is 12.3. The summed E-state index contributed by atoms with van der Waals surface area (Å²) in [4.78, 5) is 0. The molecule has 0 saturated carbocycles. The number of nitrogens with zero attached hydrogens (tertiary/aromatic N) is 4. The smallest absolute Gasteiger partial charge is 0.212 e. The lowest BCUT2D eigenvalue weighted by Gasteiger charge is -2.07. The second kappa shape index (κ2) is 8.34. The van der Waals surface area contributed by atoms with E-state index in [1.807, 2.05) is 36.4 Å². The average Bonchev–Trinajstić information content (AvgIpc) is 3.12. The van der Waals surface area contributed by atoms with Gasteiger partial charge in [0.1, 0.15) is 17.8 Å². The lowest BCUT2D eigenvalue weighted by Crippen LogP contribution is -1.96. The van der Waals surface area contributed by atoms with Gasteiger partial charge in [-0.25, -0.2) is 0 Å². The molecule has 7 heteroatoms. The summed E-state index contributed by atoms with van der Waals surface area (Å²) in [5.74, 6) is 2.26. The zero-order valence-electron chi connectivity index (χ0n) is 14.0. The molecule has 0 aliphatic carbocycles. The van der Waals surface area contributed by atoms with Gasteiger partial charge < -0.3 is 9.47 Å². The van der Waals surface area contributed by atoms with E-state index < -0.39 is 0 Å². The molecule has 0 bridgehead atoms. The van der Waals surface area contributed by atoms with Crippen molar-refractivity contribution in [1.29, 1.82) is 0 Å². The summed E-state index contributed by atoms with van der Waals surface area (Å²) >= 11 is 1.58. The molecule has 0 saturated heterocycles. The van der Waals surface area contributed by atoms with Gasteiger partial charge in [0.05, 0.1) is 20.4 Å². The van der Waals surface area contributed by atoms with Crippen LogP contribution in [0.1, 0.15) is 11.1 Å². The molecule has 0 spiro atoms. The van der Waals surface area contributed by atoms with Gasteiger partial charge in [-0.05, 0) is 23.8 Å². The Morgan fingerprint density at radius 1 is 1.12 bits per heavy atom. The van der Waals surface area contributed by atoms with Gasteiger partial charge in [0.25, 0.3) is 0 Å². The Hall–Kier alpha value is -2.80. The summed E-state index contributed by atoms with van der Waals surface area (Å²) in [7, 11) is 3.25. The Balaban J connectivity index is 1.75. The molecule has 2 aromatic carbocycles. The van der Waals surface area contributed by atoms with Crippen molar-refractivity contribution in [3.63, 3.8) is 0 Å². The number of rotatable bonds is 7. The van der Waals surface area contributed by atoms with E-state index in [1.165, 1.54) is 5.56 Å². The van der Waals surface area contributed by atoms with E-state index >= 15 is 0 Å². The number of aromatic nitrogens is 3. The molecule has 25 heavy (non-hydrogen) atoms. The van der Waals surface area contributed by atoms with Crippen molar-refractivity contribution in [3.8, 4) is 11.5 Å². The molecule has 1 aromatic heterocycles. The zero-order valence-corrected chi connectivity index (χ0v) is 14.8. The number of methoxy groups -OCH3 is 2. The van der Waals surface area contributed by atoms with Crippen molar-refractivity contribution in [2.24, 2.45) is 5.10 Å². The molecule has 0 N–H and O–H groups in total. The largest absolute Gasteiger partial charge is 0.497 e.